The number of carbonyl (C=O) groups excluding carboxylic acids is 3. The number of hydrogen-bond donors (Lipinski definition) is 2. The van der Waals surface area contributed by atoms with Gasteiger partial charge < -0.3 is 15.9 Å². The van der Waals surface area contributed by atoms with Crippen molar-refractivity contribution in [1.82, 2.24) is 5.32 Å². The van der Waals surface area contributed by atoms with Crippen molar-refractivity contribution in [3.63, 3.8) is 0 Å². The van der Waals surface area contributed by atoms with Crippen molar-refractivity contribution in [2.24, 2.45) is 39.2 Å². The molecule has 0 saturated heterocycles. The van der Waals surface area contributed by atoms with E-state index in [2.05, 4.69) is 51.7 Å². The highest BCUT2D eigenvalue weighted by atomic mass is 35.5. The quantitative estimate of drug-likeness (QED) is 0.234. The van der Waals surface area contributed by atoms with Gasteiger partial charge in [0.25, 0.3) is 11.1 Å². The molecule has 0 aromatic heterocycles. The molecular weight excluding hydrogens is 690 g/mol. The second-order valence-electron chi connectivity index (χ2n) is 18.8. The Kier molecular flexibility index (Phi) is 18.6. The van der Waals surface area contributed by atoms with Crippen LogP contribution in [0, 0.1) is 53.9 Å². The first-order valence-electron chi connectivity index (χ1n) is 20.4. The number of nitrogens with zero attached hydrogens (tertiary/aromatic N) is 1. The number of nitrogens with two attached hydrogens (primary N) is 1. The fourth-order valence-corrected chi connectivity index (χ4v) is 8.16. The number of amides is 1. The molecule has 1 amide bonds. The average Bonchev–Trinajstić information content (AvgIpc) is 3.84. The maximum absolute atomic E-state index is 12.0. The maximum Gasteiger partial charge on any atom is 0.252 e. The molecule has 0 bridgehead atoms. The summed E-state index contributed by atoms with van der Waals surface area (Å²) in [5.41, 5.74) is 10.5. The number of ketones is 1. The van der Waals surface area contributed by atoms with E-state index in [4.69, 9.17) is 23.9 Å². The number of aryl methyl sites for hydroxylation is 2. The molecule has 54 heavy (non-hydrogen) atoms. The highest BCUT2D eigenvalue weighted by Gasteiger charge is 2.39. The second-order valence-corrected chi connectivity index (χ2v) is 19.1. The minimum atomic E-state index is -0.403. The number of rotatable bonds is 5. The summed E-state index contributed by atoms with van der Waals surface area (Å²) in [6, 6.07) is 15.2. The van der Waals surface area contributed by atoms with Crippen molar-refractivity contribution in [2.45, 2.75) is 152 Å². The highest BCUT2D eigenvalue weighted by molar-refractivity contribution is 6.67. The Morgan fingerprint density at radius 2 is 1.19 bits per heavy atom. The summed E-state index contributed by atoms with van der Waals surface area (Å²) in [6.07, 6.45) is 14.5. The summed E-state index contributed by atoms with van der Waals surface area (Å²) in [5.74, 6) is 1.90. The molecule has 4 aliphatic rings. The van der Waals surface area contributed by atoms with Crippen LogP contribution in [0.5, 0.6) is 0 Å². The van der Waals surface area contributed by atoms with Gasteiger partial charge in [0.1, 0.15) is 5.78 Å². The lowest BCUT2D eigenvalue weighted by Crippen LogP contribution is -2.33. The van der Waals surface area contributed by atoms with Crippen LogP contribution in [0.25, 0.3) is 4.85 Å². The maximum atomic E-state index is 12.0. The van der Waals surface area contributed by atoms with E-state index in [0.29, 0.717) is 39.6 Å². The van der Waals surface area contributed by atoms with E-state index in [1.807, 2.05) is 64.1 Å². The van der Waals surface area contributed by atoms with Gasteiger partial charge in [-0.25, -0.2) is 6.57 Å². The Balaban J connectivity index is 0.000000244. The lowest BCUT2D eigenvalue weighted by molar-refractivity contribution is -0.124. The topological polar surface area (TPSA) is 93.6 Å². The molecule has 4 aliphatic carbocycles. The standard InChI is InChI=1S/C16H23NO.C8H7ClO.C8H13N.C8H17N.C7H12O/c1-12-6-8-13(9-7-12)15(18)17-11-14-5-4-10-16(14,2)3;1-6-2-4-7(5-3-6)8(9)10;1-8(2)6-4-5-7(8)9-3;1-8(2)5-3-4-7(8)6-9;1-7(2)5-3-4-6(7)8/h6-9,14H,4-5,10-11H2,1-3H3,(H,17,18);2-5H,1H3;7H,4-6H2,1-2H3;7H,3-6,9H2,1-2H3;3-5H2,1-2H3. The molecule has 3 unspecified atom stereocenters. The zero-order chi connectivity index (χ0) is 40.7. The van der Waals surface area contributed by atoms with Crippen molar-refractivity contribution in [3.05, 3.63) is 82.2 Å². The van der Waals surface area contributed by atoms with Crippen LogP contribution < -0.4 is 11.1 Å². The van der Waals surface area contributed by atoms with Gasteiger partial charge in [-0.3, -0.25) is 14.4 Å². The number of nitrogens with one attached hydrogen (secondary N) is 1. The highest BCUT2D eigenvalue weighted by Crippen LogP contribution is 2.43. The second kappa shape index (κ2) is 21.3. The predicted molar refractivity (Wildman–Crippen MR) is 227 cm³/mol. The van der Waals surface area contributed by atoms with E-state index in [1.165, 1.54) is 56.9 Å². The predicted octanol–water partition coefficient (Wildman–Crippen LogP) is 11.9. The smallest absolute Gasteiger partial charge is 0.252 e. The molecule has 2 aromatic carbocycles. The van der Waals surface area contributed by atoms with Crippen molar-refractivity contribution in [1.29, 1.82) is 0 Å². The van der Waals surface area contributed by atoms with Gasteiger partial charge in [-0.1, -0.05) is 104 Å². The monoisotopic (exact) mass is 762 g/mol. The van der Waals surface area contributed by atoms with Crippen molar-refractivity contribution < 1.29 is 14.4 Å². The fraction of sp³-hybridized carbons (Fsp3) is 0.660. The summed E-state index contributed by atoms with van der Waals surface area (Å²) < 4.78 is 0. The van der Waals surface area contributed by atoms with Crippen LogP contribution in [-0.2, 0) is 4.79 Å². The number of carbonyl (C=O) groups is 3. The zero-order valence-electron chi connectivity index (χ0n) is 35.4. The third kappa shape index (κ3) is 15.3. The normalized spacial score (nSPS) is 23.8. The van der Waals surface area contributed by atoms with Gasteiger partial charge in [0.05, 0.1) is 0 Å². The molecule has 6 rings (SSSR count). The summed E-state index contributed by atoms with van der Waals surface area (Å²) in [5, 5.41) is 2.67. The molecule has 0 heterocycles. The molecular formula is C47H72ClN3O3. The van der Waals surface area contributed by atoms with Crippen LogP contribution in [-0.4, -0.2) is 36.1 Å². The summed E-state index contributed by atoms with van der Waals surface area (Å²) >= 11 is 5.22. The van der Waals surface area contributed by atoms with Gasteiger partial charge in [0.2, 0.25) is 6.04 Å². The van der Waals surface area contributed by atoms with Crippen molar-refractivity contribution in [3.8, 4) is 0 Å². The lowest BCUT2D eigenvalue weighted by Gasteiger charge is -2.27. The molecule has 0 radical (unpaired) electrons. The minimum Gasteiger partial charge on any atom is -0.352 e. The molecule has 4 saturated carbocycles. The van der Waals surface area contributed by atoms with Gasteiger partial charge in [-0.2, -0.15) is 0 Å². The van der Waals surface area contributed by atoms with Crippen LogP contribution in [0.1, 0.15) is 164 Å². The van der Waals surface area contributed by atoms with Crippen LogP contribution in [0.4, 0.5) is 0 Å². The molecule has 4 fully saturated rings. The van der Waals surface area contributed by atoms with Crippen LogP contribution in [0.15, 0.2) is 48.5 Å². The Bertz CT molecular complexity index is 1520. The molecule has 3 atom stereocenters. The first kappa shape index (κ1) is 47.1. The minimum absolute atomic E-state index is 0.0139. The summed E-state index contributed by atoms with van der Waals surface area (Å²) in [4.78, 5) is 37.0. The number of Topliss-reactive ketones (excluding diaryl/α,β-unsaturated/α-hetero) is 1. The molecule has 0 spiro atoms. The average molecular weight is 763 g/mol. The molecule has 3 N–H and O–H groups in total. The van der Waals surface area contributed by atoms with Crippen LogP contribution in [0.2, 0.25) is 0 Å². The number of hydrogen-bond acceptors (Lipinski definition) is 4. The molecule has 7 heteroatoms. The van der Waals surface area contributed by atoms with Gasteiger partial charge in [-0.05, 0) is 130 Å². The third-order valence-electron chi connectivity index (χ3n) is 12.7. The Morgan fingerprint density at radius 3 is 1.48 bits per heavy atom. The van der Waals surface area contributed by atoms with E-state index >= 15 is 0 Å². The van der Waals surface area contributed by atoms with E-state index in [-0.39, 0.29) is 11.3 Å². The Morgan fingerprint density at radius 1 is 0.722 bits per heavy atom. The Labute approximate surface area is 334 Å². The lowest BCUT2D eigenvalue weighted by atomic mass is 9.82. The van der Waals surface area contributed by atoms with E-state index in [1.54, 1.807) is 12.1 Å². The number of halogens is 1. The summed E-state index contributed by atoms with van der Waals surface area (Å²) in [6.45, 7) is 30.3. The van der Waals surface area contributed by atoms with Crippen LogP contribution >= 0.6 is 11.6 Å². The van der Waals surface area contributed by atoms with Gasteiger partial charge >= 0.3 is 0 Å². The van der Waals surface area contributed by atoms with Crippen molar-refractivity contribution >= 4 is 28.5 Å². The third-order valence-corrected chi connectivity index (χ3v) is 12.9. The molecule has 0 aliphatic heterocycles. The molecule has 6 nitrogen and oxygen atoms in total. The van der Waals surface area contributed by atoms with Gasteiger partial charge in [0, 0.05) is 41.3 Å². The van der Waals surface area contributed by atoms with E-state index in [9.17, 15) is 14.4 Å². The first-order valence-corrected chi connectivity index (χ1v) is 20.7. The first-order chi connectivity index (χ1) is 25.1. The Hall–Kier alpha value is -3.01. The van der Waals surface area contributed by atoms with Gasteiger partial charge in [0.15, 0.2) is 0 Å². The summed E-state index contributed by atoms with van der Waals surface area (Å²) in [7, 11) is 0. The molecule has 2 aromatic rings. The van der Waals surface area contributed by atoms with E-state index in [0.717, 1.165) is 55.8 Å². The zero-order valence-corrected chi connectivity index (χ0v) is 36.1. The van der Waals surface area contributed by atoms with E-state index < -0.39 is 5.24 Å². The van der Waals surface area contributed by atoms with Gasteiger partial charge in [-0.15, -0.1) is 0 Å². The number of benzene rings is 2. The SMILES string of the molecule is CC1(C)CCCC1=O.CC1(C)CCCC1CN.Cc1ccc(C(=O)Cl)cc1.Cc1ccc(C(=O)NCC2CCCC2(C)C)cc1.[C-]#[N+]C1CCCC1(C)C. The van der Waals surface area contributed by atoms with Crippen molar-refractivity contribution in [2.75, 3.05) is 13.1 Å². The largest absolute Gasteiger partial charge is 0.352 e. The molecule has 300 valence electrons. The van der Waals surface area contributed by atoms with Crippen LogP contribution in [0.3, 0.4) is 0 Å². The fourth-order valence-electron chi connectivity index (χ4n) is 8.04.